The van der Waals surface area contributed by atoms with Crippen molar-refractivity contribution in [1.82, 2.24) is 4.98 Å². The molecule has 1 heterocycles. The molecule has 0 spiro atoms. The van der Waals surface area contributed by atoms with Crippen LogP contribution < -0.4 is 4.90 Å². The minimum Gasteiger partial charge on any atom is -0.268 e. The number of hydrogen-bond acceptors (Lipinski definition) is 5. The van der Waals surface area contributed by atoms with E-state index in [1.54, 1.807) is 24.3 Å². The van der Waals surface area contributed by atoms with Gasteiger partial charge >= 0.3 is 0 Å². The van der Waals surface area contributed by atoms with Crippen molar-refractivity contribution in [1.29, 1.82) is 0 Å². The van der Waals surface area contributed by atoms with E-state index in [1.165, 1.54) is 34.4 Å². The maximum Gasteiger partial charge on any atom is 0.270 e. The number of non-ortho nitro benzene ring substituents is 1. The molecule has 0 fully saturated rings. The first-order valence-electron chi connectivity index (χ1n) is 7.23. The molecule has 0 atom stereocenters. The molecule has 8 heteroatoms. The smallest absolute Gasteiger partial charge is 0.268 e. The lowest BCUT2D eigenvalue weighted by atomic mass is 10.1. The van der Waals surface area contributed by atoms with Crippen molar-refractivity contribution in [2.75, 3.05) is 4.90 Å². The predicted octanol–water partition coefficient (Wildman–Crippen LogP) is 4.99. The minimum atomic E-state index is -0.562. The zero-order valence-electron chi connectivity index (χ0n) is 13.0. The Bertz CT molecular complexity index is 943. The van der Waals surface area contributed by atoms with Gasteiger partial charge in [0.25, 0.3) is 11.6 Å². The van der Waals surface area contributed by atoms with Gasteiger partial charge in [-0.15, -0.1) is 11.3 Å². The van der Waals surface area contributed by atoms with Gasteiger partial charge in [-0.2, -0.15) is 0 Å². The van der Waals surface area contributed by atoms with Crippen LogP contribution in [0.2, 0.25) is 5.02 Å². The maximum absolute atomic E-state index is 13.1. The molecule has 1 aromatic heterocycles. The highest BCUT2D eigenvalue weighted by Crippen LogP contribution is 2.32. The second kappa shape index (κ2) is 7.00. The van der Waals surface area contributed by atoms with Crippen LogP contribution >= 0.6 is 22.9 Å². The van der Waals surface area contributed by atoms with Gasteiger partial charge in [0.2, 0.25) is 0 Å². The van der Waals surface area contributed by atoms with Crippen molar-refractivity contribution in [2.24, 2.45) is 0 Å². The third-order valence-corrected chi connectivity index (χ3v) is 4.68. The molecule has 2 aromatic carbocycles. The Labute approximate surface area is 152 Å². The second-order valence-electron chi connectivity index (χ2n) is 5.17. The van der Waals surface area contributed by atoms with Gasteiger partial charge in [0, 0.05) is 17.5 Å². The predicted molar refractivity (Wildman–Crippen MR) is 97.9 cm³/mol. The summed E-state index contributed by atoms with van der Waals surface area (Å²) in [5.41, 5.74) is 1.23. The number of carbonyl (C=O) groups excluding carboxylic acids is 1. The van der Waals surface area contributed by atoms with Crippen LogP contribution in [-0.4, -0.2) is 15.8 Å². The van der Waals surface area contributed by atoms with E-state index in [9.17, 15) is 14.9 Å². The van der Waals surface area contributed by atoms with E-state index in [0.29, 0.717) is 10.8 Å². The van der Waals surface area contributed by atoms with E-state index in [-0.39, 0.29) is 16.3 Å². The van der Waals surface area contributed by atoms with E-state index in [0.717, 1.165) is 5.69 Å². The SMILES string of the molecule is Cc1csc(N(C(=O)c2cc([N+](=O)[O-])ccc2Cl)c2ccccc2)n1. The normalized spacial score (nSPS) is 10.5. The number of rotatable bonds is 4. The lowest BCUT2D eigenvalue weighted by molar-refractivity contribution is -0.384. The molecular formula is C17H12ClN3O3S. The number of nitrogens with zero attached hydrogens (tertiary/aromatic N) is 3. The first-order valence-corrected chi connectivity index (χ1v) is 8.48. The summed E-state index contributed by atoms with van der Waals surface area (Å²) in [4.78, 5) is 29.4. The highest BCUT2D eigenvalue weighted by molar-refractivity contribution is 7.14. The Morgan fingerprint density at radius 3 is 2.56 bits per heavy atom. The van der Waals surface area contributed by atoms with Crippen molar-refractivity contribution < 1.29 is 9.72 Å². The molecule has 0 aliphatic rings. The topological polar surface area (TPSA) is 76.3 Å². The number of amides is 1. The van der Waals surface area contributed by atoms with Crippen molar-refractivity contribution in [3.8, 4) is 0 Å². The molecule has 0 aliphatic carbocycles. The molecule has 0 unspecified atom stereocenters. The van der Waals surface area contributed by atoms with Crippen LogP contribution in [0.5, 0.6) is 0 Å². The molecule has 25 heavy (non-hydrogen) atoms. The Kier molecular flexibility index (Phi) is 4.78. The summed E-state index contributed by atoms with van der Waals surface area (Å²) in [5.74, 6) is -0.478. The molecule has 3 rings (SSSR count). The van der Waals surface area contributed by atoms with Gasteiger partial charge in [-0.3, -0.25) is 19.8 Å². The van der Waals surface area contributed by atoms with Gasteiger partial charge in [0.1, 0.15) is 0 Å². The van der Waals surface area contributed by atoms with Crippen molar-refractivity contribution in [2.45, 2.75) is 6.92 Å². The zero-order chi connectivity index (χ0) is 18.0. The van der Waals surface area contributed by atoms with Gasteiger partial charge < -0.3 is 0 Å². The Hall–Kier alpha value is -2.77. The third kappa shape index (κ3) is 3.52. The van der Waals surface area contributed by atoms with Crippen LogP contribution in [0.1, 0.15) is 16.1 Å². The number of thiazole rings is 1. The summed E-state index contributed by atoms with van der Waals surface area (Å²) in [6.07, 6.45) is 0. The summed E-state index contributed by atoms with van der Waals surface area (Å²) in [7, 11) is 0. The fourth-order valence-corrected chi connectivity index (χ4v) is 3.26. The molecule has 3 aromatic rings. The van der Waals surface area contributed by atoms with Crippen LogP contribution in [0.25, 0.3) is 0 Å². The zero-order valence-corrected chi connectivity index (χ0v) is 14.6. The van der Waals surface area contributed by atoms with Gasteiger partial charge in [0.05, 0.1) is 26.9 Å². The van der Waals surface area contributed by atoms with E-state index < -0.39 is 10.8 Å². The standard InChI is InChI=1S/C17H12ClN3O3S/c1-11-10-25-17(19-11)20(12-5-3-2-4-6-12)16(22)14-9-13(21(23)24)7-8-15(14)18/h2-10H,1H3. The molecule has 0 radical (unpaired) electrons. The van der Waals surface area contributed by atoms with Crippen molar-refractivity contribution >= 4 is 45.4 Å². The molecule has 1 amide bonds. The van der Waals surface area contributed by atoms with Crippen molar-refractivity contribution in [3.05, 3.63) is 80.3 Å². The quantitative estimate of drug-likeness (QED) is 0.476. The average molecular weight is 374 g/mol. The Morgan fingerprint density at radius 2 is 1.96 bits per heavy atom. The monoisotopic (exact) mass is 373 g/mol. The highest BCUT2D eigenvalue weighted by atomic mass is 35.5. The van der Waals surface area contributed by atoms with Crippen LogP contribution in [0, 0.1) is 17.0 Å². The van der Waals surface area contributed by atoms with Gasteiger partial charge in [0.15, 0.2) is 5.13 Å². The number of nitro benzene ring substituents is 1. The molecule has 0 bridgehead atoms. The fraction of sp³-hybridized carbons (Fsp3) is 0.0588. The third-order valence-electron chi connectivity index (χ3n) is 3.41. The second-order valence-corrected chi connectivity index (χ2v) is 6.41. The maximum atomic E-state index is 13.1. The number of aromatic nitrogens is 1. The van der Waals surface area contributed by atoms with E-state index in [4.69, 9.17) is 11.6 Å². The Morgan fingerprint density at radius 1 is 1.24 bits per heavy atom. The number of halogens is 1. The number of hydrogen-bond donors (Lipinski definition) is 0. The number of aryl methyl sites for hydroxylation is 1. The van der Waals surface area contributed by atoms with Crippen LogP contribution in [-0.2, 0) is 0 Å². The summed E-state index contributed by atoms with van der Waals surface area (Å²) in [5, 5.41) is 13.5. The average Bonchev–Trinajstić information content (AvgIpc) is 3.02. The number of benzene rings is 2. The largest absolute Gasteiger partial charge is 0.270 e. The highest BCUT2D eigenvalue weighted by Gasteiger charge is 2.25. The lowest BCUT2D eigenvalue weighted by Crippen LogP contribution is -2.26. The summed E-state index contributed by atoms with van der Waals surface area (Å²) < 4.78 is 0. The van der Waals surface area contributed by atoms with Gasteiger partial charge in [-0.25, -0.2) is 4.98 Å². The van der Waals surface area contributed by atoms with Crippen molar-refractivity contribution in [3.63, 3.8) is 0 Å². The molecule has 0 saturated heterocycles. The fourth-order valence-electron chi connectivity index (χ4n) is 2.25. The number of para-hydroxylation sites is 1. The molecular weight excluding hydrogens is 362 g/mol. The first kappa shape index (κ1) is 17.1. The summed E-state index contributed by atoms with van der Waals surface area (Å²) >= 11 is 7.44. The van der Waals surface area contributed by atoms with Gasteiger partial charge in [-0.05, 0) is 25.1 Å². The van der Waals surface area contributed by atoms with Crippen LogP contribution in [0.4, 0.5) is 16.5 Å². The first-order chi connectivity index (χ1) is 12.0. The van der Waals surface area contributed by atoms with E-state index in [2.05, 4.69) is 4.98 Å². The molecule has 6 nitrogen and oxygen atoms in total. The molecule has 126 valence electrons. The Balaban J connectivity index is 2.12. The molecule has 0 N–H and O–H groups in total. The summed E-state index contributed by atoms with van der Waals surface area (Å²) in [6.45, 7) is 1.83. The number of carbonyl (C=O) groups is 1. The van der Waals surface area contributed by atoms with Crippen LogP contribution in [0.3, 0.4) is 0 Å². The van der Waals surface area contributed by atoms with Crippen LogP contribution in [0.15, 0.2) is 53.9 Å². The van der Waals surface area contributed by atoms with E-state index >= 15 is 0 Å². The lowest BCUT2D eigenvalue weighted by Gasteiger charge is -2.20. The van der Waals surface area contributed by atoms with E-state index in [1.807, 2.05) is 18.4 Å². The minimum absolute atomic E-state index is 0.0487. The number of nitro groups is 1. The molecule has 0 saturated carbocycles. The summed E-state index contributed by atoms with van der Waals surface area (Å²) in [6, 6.07) is 12.7. The molecule has 0 aliphatic heterocycles. The number of anilines is 2. The van der Waals surface area contributed by atoms with Gasteiger partial charge in [-0.1, -0.05) is 29.8 Å².